The summed E-state index contributed by atoms with van der Waals surface area (Å²) in [6, 6.07) is 7.04. The van der Waals surface area contributed by atoms with Crippen LogP contribution in [0.15, 0.2) is 47.4 Å². The second kappa shape index (κ2) is 5.26. The third-order valence-electron chi connectivity index (χ3n) is 1.59. The van der Waals surface area contributed by atoms with E-state index in [1.807, 2.05) is 0 Å². The fourth-order valence-corrected chi connectivity index (χ4v) is 1.77. The molecule has 0 atom stereocenters. The number of carboxylic acid groups (broad SMARTS) is 1. The Morgan fingerprint density at radius 3 is 2.24 bits per heavy atom. The molecule has 7 heteroatoms. The molecule has 0 radical (unpaired) electrons. The topological polar surface area (TPSA) is 97.7 Å². The molecule has 1 rings (SSSR count). The molecule has 0 aliphatic heterocycles. The first-order valence-electron chi connectivity index (χ1n) is 4.36. The molecule has 0 heterocycles. The summed E-state index contributed by atoms with van der Waals surface area (Å²) >= 11 is 0. The molecular formula is C10H8O6S. The quantitative estimate of drug-likeness (QED) is 0.624. The maximum absolute atomic E-state index is 11.5. The van der Waals surface area contributed by atoms with Crippen molar-refractivity contribution in [2.24, 2.45) is 0 Å². The summed E-state index contributed by atoms with van der Waals surface area (Å²) in [6.07, 6.45) is 1.01. The van der Waals surface area contributed by atoms with Gasteiger partial charge in [0.05, 0.1) is 0 Å². The zero-order valence-corrected chi connectivity index (χ0v) is 9.25. The van der Waals surface area contributed by atoms with Crippen molar-refractivity contribution in [2.75, 3.05) is 0 Å². The van der Waals surface area contributed by atoms with E-state index in [2.05, 4.69) is 4.18 Å². The van der Waals surface area contributed by atoms with E-state index < -0.39 is 22.1 Å². The first-order valence-corrected chi connectivity index (χ1v) is 5.77. The molecule has 0 amide bonds. The predicted octanol–water partition coefficient (Wildman–Crippen LogP) is 0.559. The van der Waals surface area contributed by atoms with Gasteiger partial charge in [-0.15, -0.1) is 0 Å². The Balaban J connectivity index is 2.82. The molecule has 1 aromatic carbocycles. The van der Waals surface area contributed by atoms with Gasteiger partial charge in [-0.25, -0.2) is 9.59 Å². The SMILES string of the molecule is O=C(O)/C=C\C(=O)OS(=O)(=O)c1ccccc1. The van der Waals surface area contributed by atoms with E-state index in [1.165, 1.54) is 24.3 Å². The number of carboxylic acids is 1. The van der Waals surface area contributed by atoms with Crippen LogP contribution in [0.3, 0.4) is 0 Å². The molecule has 0 saturated heterocycles. The molecule has 0 saturated carbocycles. The van der Waals surface area contributed by atoms with Crippen LogP contribution in [0.25, 0.3) is 0 Å². The highest BCUT2D eigenvalue weighted by molar-refractivity contribution is 7.87. The zero-order valence-electron chi connectivity index (χ0n) is 8.44. The van der Waals surface area contributed by atoms with E-state index in [4.69, 9.17) is 5.11 Å². The lowest BCUT2D eigenvalue weighted by Gasteiger charge is -2.02. The van der Waals surface area contributed by atoms with Gasteiger partial charge in [0.2, 0.25) is 0 Å². The van der Waals surface area contributed by atoms with Gasteiger partial charge in [0, 0.05) is 12.2 Å². The summed E-state index contributed by atoms with van der Waals surface area (Å²) in [5.74, 6) is -2.64. The lowest BCUT2D eigenvalue weighted by atomic mass is 10.4. The Morgan fingerprint density at radius 2 is 1.71 bits per heavy atom. The molecular weight excluding hydrogens is 248 g/mol. The van der Waals surface area contributed by atoms with E-state index in [-0.39, 0.29) is 4.90 Å². The van der Waals surface area contributed by atoms with Gasteiger partial charge in [0.25, 0.3) is 0 Å². The summed E-state index contributed by atoms with van der Waals surface area (Å²) in [6.45, 7) is 0. The van der Waals surface area contributed by atoms with E-state index in [0.717, 1.165) is 0 Å². The Bertz CT molecular complexity index is 543. The standard InChI is InChI=1S/C10H8O6S/c11-9(12)6-7-10(13)16-17(14,15)8-4-2-1-3-5-8/h1-7H,(H,11,12)/b7-6-. The van der Waals surface area contributed by atoms with Crippen LogP contribution in [0.4, 0.5) is 0 Å². The van der Waals surface area contributed by atoms with Crippen LogP contribution >= 0.6 is 0 Å². The van der Waals surface area contributed by atoms with E-state index in [1.54, 1.807) is 6.07 Å². The summed E-state index contributed by atoms with van der Waals surface area (Å²) in [5, 5.41) is 8.23. The molecule has 90 valence electrons. The minimum atomic E-state index is -4.20. The highest BCUT2D eigenvalue weighted by atomic mass is 32.2. The van der Waals surface area contributed by atoms with Crippen molar-refractivity contribution in [3.63, 3.8) is 0 Å². The van der Waals surface area contributed by atoms with E-state index >= 15 is 0 Å². The second-order valence-electron chi connectivity index (χ2n) is 2.84. The van der Waals surface area contributed by atoms with E-state index in [0.29, 0.717) is 12.2 Å². The molecule has 0 aromatic heterocycles. The monoisotopic (exact) mass is 256 g/mol. The Morgan fingerprint density at radius 1 is 1.12 bits per heavy atom. The maximum atomic E-state index is 11.5. The smallest absolute Gasteiger partial charge is 0.347 e. The summed E-state index contributed by atoms with van der Waals surface area (Å²) < 4.78 is 27.1. The number of carbonyl (C=O) groups is 2. The number of aliphatic carboxylic acids is 1. The van der Waals surface area contributed by atoms with Gasteiger partial charge in [-0.05, 0) is 12.1 Å². The van der Waals surface area contributed by atoms with Crippen LogP contribution in [0.1, 0.15) is 0 Å². The van der Waals surface area contributed by atoms with Crippen molar-refractivity contribution in [3.05, 3.63) is 42.5 Å². The number of carbonyl (C=O) groups excluding carboxylic acids is 1. The Kier molecular flexibility index (Phi) is 4.00. The number of hydrogen-bond acceptors (Lipinski definition) is 5. The van der Waals surface area contributed by atoms with Crippen LogP contribution in [0.2, 0.25) is 0 Å². The van der Waals surface area contributed by atoms with Crippen molar-refractivity contribution in [1.29, 1.82) is 0 Å². The largest absolute Gasteiger partial charge is 0.478 e. The third-order valence-corrected chi connectivity index (χ3v) is 2.82. The molecule has 0 spiro atoms. The van der Waals surface area contributed by atoms with Crippen LogP contribution in [-0.4, -0.2) is 25.5 Å². The normalized spacial score (nSPS) is 11.3. The molecule has 1 aromatic rings. The molecule has 0 fully saturated rings. The molecule has 0 aliphatic rings. The van der Waals surface area contributed by atoms with Crippen LogP contribution in [-0.2, 0) is 23.9 Å². The maximum Gasteiger partial charge on any atom is 0.347 e. The van der Waals surface area contributed by atoms with Crippen molar-refractivity contribution in [2.45, 2.75) is 4.90 Å². The average molecular weight is 256 g/mol. The lowest BCUT2D eigenvalue weighted by molar-refractivity contribution is -0.133. The van der Waals surface area contributed by atoms with Crippen LogP contribution in [0, 0.1) is 0 Å². The fraction of sp³-hybridized carbons (Fsp3) is 0. The van der Waals surface area contributed by atoms with Crippen molar-refractivity contribution in [1.82, 2.24) is 0 Å². The second-order valence-corrected chi connectivity index (χ2v) is 4.39. The van der Waals surface area contributed by atoms with Crippen molar-refractivity contribution >= 4 is 22.1 Å². The molecule has 0 aliphatic carbocycles. The van der Waals surface area contributed by atoms with Gasteiger partial charge < -0.3 is 9.29 Å². The van der Waals surface area contributed by atoms with Crippen LogP contribution in [0.5, 0.6) is 0 Å². The molecule has 6 nitrogen and oxygen atoms in total. The van der Waals surface area contributed by atoms with Gasteiger partial charge in [0.1, 0.15) is 4.90 Å². The minimum Gasteiger partial charge on any atom is -0.478 e. The van der Waals surface area contributed by atoms with Crippen molar-refractivity contribution < 1.29 is 27.3 Å². The molecule has 0 bridgehead atoms. The lowest BCUT2D eigenvalue weighted by Crippen LogP contribution is -2.11. The van der Waals surface area contributed by atoms with Crippen LogP contribution < -0.4 is 0 Å². The Hall–Kier alpha value is -2.15. The summed E-state index contributed by atoms with van der Waals surface area (Å²) in [4.78, 5) is 20.9. The van der Waals surface area contributed by atoms with Gasteiger partial charge in [-0.2, -0.15) is 8.42 Å². The molecule has 1 N–H and O–H groups in total. The third kappa shape index (κ3) is 4.07. The summed E-state index contributed by atoms with van der Waals surface area (Å²) in [5.41, 5.74) is 0. The molecule has 17 heavy (non-hydrogen) atoms. The molecule has 0 unspecified atom stereocenters. The van der Waals surface area contributed by atoms with Gasteiger partial charge >= 0.3 is 22.1 Å². The first kappa shape index (κ1) is 12.9. The highest BCUT2D eigenvalue weighted by Crippen LogP contribution is 2.11. The van der Waals surface area contributed by atoms with E-state index in [9.17, 15) is 18.0 Å². The zero-order chi connectivity index (χ0) is 12.9. The predicted molar refractivity (Wildman–Crippen MR) is 56.5 cm³/mol. The van der Waals surface area contributed by atoms with Gasteiger partial charge in [-0.1, -0.05) is 18.2 Å². The Labute approximate surface area is 97.3 Å². The van der Waals surface area contributed by atoms with Gasteiger partial charge in [0.15, 0.2) is 0 Å². The number of benzene rings is 1. The van der Waals surface area contributed by atoms with Gasteiger partial charge in [-0.3, -0.25) is 0 Å². The first-order chi connectivity index (χ1) is 7.92. The average Bonchev–Trinajstić information content (AvgIpc) is 2.27. The number of rotatable bonds is 4. The summed E-state index contributed by atoms with van der Waals surface area (Å²) in [7, 11) is -4.20. The number of hydrogen-bond donors (Lipinski definition) is 1. The minimum absolute atomic E-state index is 0.183. The van der Waals surface area contributed by atoms with Crippen molar-refractivity contribution in [3.8, 4) is 0 Å². The highest BCUT2D eigenvalue weighted by Gasteiger charge is 2.18. The fourth-order valence-electron chi connectivity index (χ4n) is 0.911.